The van der Waals surface area contributed by atoms with Crippen molar-refractivity contribution >= 4 is 11.7 Å². The highest BCUT2D eigenvalue weighted by Crippen LogP contribution is 2.33. The molecule has 1 aromatic rings. The molecule has 1 aromatic carbocycles. The Morgan fingerprint density at radius 1 is 1.40 bits per heavy atom. The number of hydrogen-bond acceptors (Lipinski definition) is 3. The van der Waals surface area contributed by atoms with Gasteiger partial charge in [0.1, 0.15) is 0 Å². The zero-order chi connectivity index (χ0) is 15.5. The molecule has 0 aliphatic heterocycles. The predicted molar refractivity (Wildman–Crippen MR) is 70.0 cm³/mol. The van der Waals surface area contributed by atoms with Crippen LogP contribution in [0.2, 0.25) is 0 Å². The molecule has 0 aliphatic carbocycles. The number of hydrogen-bond donors (Lipinski definition) is 2. The molecule has 1 unspecified atom stereocenters. The van der Waals surface area contributed by atoms with Crippen molar-refractivity contribution in [1.29, 1.82) is 0 Å². The summed E-state index contributed by atoms with van der Waals surface area (Å²) in [4.78, 5) is 12.9. The Bertz CT molecular complexity index is 487. The summed E-state index contributed by atoms with van der Waals surface area (Å²) in [6.45, 7) is 2.53. The first-order valence-electron chi connectivity index (χ1n) is 5.97. The number of benzene rings is 1. The van der Waals surface area contributed by atoms with Gasteiger partial charge in [-0.15, -0.1) is 0 Å². The molecule has 1 atom stereocenters. The lowest BCUT2D eigenvalue weighted by molar-refractivity contribution is -0.138. The summed E-state index contributed by atoms with van der Waals surface area (Å²) in [5.74, 6) is -1.60. The number of carboxylic acids is 1. The number of rotatable bonds is 5. The molecule has 0 aromatic heterocycles. The minimum atomic E-state index is -4.68. The molecule has 0 saturated carbocycles. The zero-order valence-corrected chi connectivity index (χ0v) is 11.5. The maximum Gasteiger partial charge on any atom is 0.417 e. The molecule has 1 rings (SSSR count). The van der Waals surface area contributed by atoms with Gasteiger partial charge in [0, 0.05) is 18.3 Å². The van der Waals surface area contributed by atoms with Crippen molar-refractivity contribution in [3.05, 3.63) is 29.3 Å². The third-order valence-corrected chi connectivity index (χ3v) is 2.61. The summed E-state index contributed by atoms with van der Waals surface area (Å²) in [7, 11) is 3.74. The average molecular weight is 290 g/mol. The molecule has 0 spiro atoms. The normalized spacial score (nSPS) is 13.3. The molecular weight excluding hydrogens is 273 g/mol. The minimum Gasteiger partial charge on any atom is -0.478 e. The molecule has 7 heteroatoms. The van der Waals surface area contributed by atoms with E-state index < -0.39 is 23.3 Å². The second-order valence-corrected chi connectivity index (χ2v) is 4.87. The Hall–Kier alpha value is -1.76. The quantitative estimate of drug-likeness (QED) is 0.875. The number of aromatic carboxylic acids is 1. The summed E-state index contributed by atoms with van der Waals surface area (Å²) in [5, 5.41) is 11.9. The van der Waals surface area contributed by atoms with Crippen molar-refractivity contribution in [2.24, 2.45) is 0 Å². The number of nitrogens with zero attached hydrogens (tertiary/aromatic N) is 1. The van der Waals surface area contributed by atoms with E-state index in [-0.39, 0.29) is 6.04 Å². The Labute approximate surface area is 115 Å². The molecular formula is C13H17F3N2O2. The molecule has 2 N–H and O–H groups in total. The second kappa shape index (κ2) is 6.13. The van der Waals surface area contributed by atoms with Gasteiger partial charge in [-0.05, 0) is 39.2 Å². The van der Waals surface area contributed by atoms with Crippen molar-refractivity contribution in [3.63, 3.8) is 0 Å². The smallest absolute Gasteiger partial charge is 0.417 e. The summed E-state index contributed by atoms with van der Waals surface area (Å²) in [6.07, 6.45) is -4.68. The number of carboxylic acid groups (broad SMARTS) is 1. The van der Waals surface area contributed by atoms with Crippen LogP contribution < -0.4 is 5.32 Å². The number of alkyl halides is 3. The van der Waals surface area contributed by atoms with Crippen molar-refractivity contribution in [3.8, 4) is 0 Å². The van der Waals surface area contributed by atoms with Gasteiger partial charge < -0.3 is 15.3 Å². The number of anilines is 1. The standard InChI is InChI=1S/C13H17F3N2O2/c1-8(7-18(2)3)17-9-4-5-11(13(14,15)16)10(6-9)12(19)20/h4-6,8,17H,7H2,1-3H3,(H,19,20). The minimum absolute atomic E-state index is 0.0246. The molecule has 0 fully saturated rings. The van der Waals surface area contributed by atoms with Crippen LogP contribution in [0.4, 0.5) is 18.9 Å². The summed E-state index contributed by atoms with van der Waals surface area (Å²) in [5.41, 5.74) is -1.54. The molecule has 0 radical (unpaired) electrons. The van der Waals surface area contributed by atoms with Crippen molar-refractivity contribution in [2.75, 3.05) is 26.0 Å². The Kier molecular flexibility index (Phi) is 4.99. The van der Waals surface area contributed by atoms with Crippen LogP contribution in [0, 0.1) is 0 Å². The zero-order valence-electron chi connectivity index (χ0n) is 11.5. The van der Waals surface area contributed by atoms with E-state index in [0.29, 0.717) is 12.2 Å². The first kappa shape index (κ1) is 16.3. The number of halogens is 3. The molecule has 0 aliphatic rings. The average Bonchev–Trinajstić information content (AvgIpc) is 2.25. The van der Waals surface area contributed by atoms with E-state index in [2.05, 4.69) is 5.32 Å². The molecule has 112 valence electrons. The molecule has 0 bridgehead atoms. The maximum absolute atomic E-state index is 12.7. The highest BCUT2D eigenvalue weighted by molar-refractivity contribution is 5.91. The van der Waals surface area contributed by atoms with E-state index >= 15 is 0 Å². The first-order chi connectivity index (χ1) is 9.11. The topological polar surface area (TPSA) is 52.6 Å². The van der Waals surface area contributed by atoms with E-state index in [9.17, 15) is 18.0 Å². The van der Waals surface area contributed by atoms with Crippen LogP contribution in [-0.4, -0.2) is 42.7 Å². The fourth-order valence-electron chi connectivity index (χ4n) is 1.94. The van der Waals surface area contributed by atoms with E-state index in [1.54, 1.807) is 0 Å². The van der Waals surface area contributed by atoms with Crippen LogP contribution in [0.5, 0.6) is 0 Å². The van der Waals surface area contributed by atoms with Crippen LogP contribution >= 0.6 is 0 Å². The lowest BCUT2D eigenvalue weighted by Crippen LogP contribution is -2.29. The number of nitrogens with one attached hydrogen (secondary N) is 1. The number of likely N-dealkylation sites (N-methyl/N-ethyl adjacent to an activating group) is 1. The van der Waals surface area contributed by atoms with Crippen molar-refractivity contribution < 1.29 is 23.1 Å². The lowest BCUT2D eigenvalue weighted by atomic mass is 10.1. The Morgan fingerprint density at radius 3 is 2.45 bits per heavy atom. The predicted octanol–water partition coefficient (Wildman–Crippen LogP) is 2.77. The SMILES string of the molecule is CC(CN(C)C)Nc1ccc(C(F)(F)F)c(C(=O)O)c1. The van der Waals surface area contributed by atoms with Gasteiger partial charge in [0.2, 0.25) is 0 Å². The maximum atomic E-state index is 12.7. The van der Waals surface area contributed by atoms with Crippen molar-refractivity contribution in [1.82, 2.24) is 4.90 Å². The lowest BCUT2D eigenvalue weighted by Gasteiger charge is -2.20. The van der Waals surface area contributed by atoms with E-state index in [0.717, 1.165) is 12.1 Å². The van der Waals surface area contributed by atoms with Crippen molar-refractivity contribution in [2.45, 2.75) is 19.1 Å². The molecule has 20 heavy (non-hydrogen) atoms. The molecule has 0 heterocycles. The summed E-state index contributed by atoms with van der Waals surface area (Å²) >= 11 is 0. The van der Waals surface area contributed by atoms with Crippen LogP contribution in [0.1, 0.15) is 22.8 Å². The highest BCUT2D eigenvalue weighted by Gasteiger charge is 2.35. The monoisotopic (exact) mass is 290 g/mol. The molecule has 0 saturated heterocycles. The first-order valence-corrected chi connectivity index (χ1v) is 5.97. The van der Waals surface area contributed by atoms with Gasteiger partial charge in [-0.2, -0.15) is 13.2 Å². The summed E-state index contributed by atoms with van der Waals surface area (Å²) in [6, 6.07) is 3.01. The van der Waals surface area contributed by atoms with Gasteiger partial charge in [-0.1, -0.05) is 0 Å². The molecule has 4 nitrogen and oxygen atoms in total. The highest BCUT2D eigenvalue weighted by atomic mass is 19.4. The fourth-order valence-corrected chi connectivity index (χ4v) is 1.94. The largest absolute Gasteiger partial charge is 0.478 e. The Balaban J connectivity index is 3.02. The van der Waals surface area contributed by atoms with Gasteiger partial charge in [-0.25, -0.2) is 4.79 Å². The van der Waals surface area contributed by atoms with Gasteiger partial charge in [-0.3, -0.25) is 0 Å². The number of carbonyl (C=O) groups is 1. The van der Waals surface area contributed by atoms with E-state index in [1.165, 1.54) is 6.07 Å². The fraction of sp³-hybridized carbons (Fsp3) is 0.462. The summed E-state index contributed by atoms with van der Waals surface area (Å²) < 4.78 is 38.1. The van der Waals surface area contributed by atoms with Crippen LogP contribution in [0.3, 0.4) is 0 Å². The van der Waals surface area contributed by atoms with Gasteiger partial charge in [0.15, 0.2) is 0 Å². The van der Waals surface area contributed by atoms with Crippen LogP contribution in [0.15, 0.2) is 18.2 Å². The van der Waals surface area contributed by atoms with Gasteiger partial charge >= 0.3 is 12.1 Å². The Morgan fingerprint density at radius 2 is 2.00 bits per heavy atom. The van der Waals surface area contributed by atoms with Crippen LogP contribution in [0.25, 0.3) is 0 Å². The van der Waals surface area contributed by atoms with Gasteiger partial charge in [0.25, 0.3) is 0 Å². The van der Waals surface area contributed by atoms with Gasteiger partial charge in [0.05, 0.1) is 11.1 Å². The van der Waals surface area contributed by atoms with Crippen LogP contribution in [-0.2, 0) is 6.18 Å². The van der Waals surface area contributed by atoms with E-state index in [4.69, 9.17) is 5.11 Å². The third kappa shape index (κ3) is 4.41. The third-order valence-electron chi connectivity index (χ3n) is 2.61. The van der Waals surface area contributed by atoms with E-state index in [1.807, 2.05) is 25.9 Å². The second-order valence-electron chi connectivity index (χ2n) is 4.87. The molecule has 0 amide bonds.